The van der Waals surface area contributed by atoms with Gasteiger partial charge >= 0.3 is 0 Å². The molecule has 0 amide bonds. The second-order valence-electron chi connectivity index (χ2n) is 6.78. The molecule has 1 atom stereocenters. The molecule has 4 rings (SSSR count). The molecule has 7 heteroatoms. The summed E-state index contributed by atoms with van der Waals surface area (Å²) in [6, 6.07) is 26.2. The molecule has 0 bridgehead atoms. The summed E-state index contributed by atoms with van der Waals surface area (Å²) in [5.74, 6) is 0.961. The van der Waals surface area contributed by atoms with Crippen molar-refractivity contribution in [1.29, 1.82) is 0 Å². The molecule has 0 unspecified atom stereocenters. The van der Waals surface area contributed by atoms with Crippen molar-refractivity contribution in [3.8, 4) is 5.75 Å². The lowest BCUT2D eigenvalue weighted by Crippen LogP contribution is -2.15. The summed E-state index contributed by atoms with van der Waals surface area (Å²) in [5.41, 5.74) is 0. The van der Waals surface area contributed by atoms with Crippen LogP contribution in [0.4, 0.5) is 0 Å². The molecular formula is C24H25NO4S2. The first-order valence-corrected chi connectivity index (χ1v) is 12.2. The van der Waals surface area contributed by atoms with Gasteiger partial charge in [0, 0.05) is 16.7 Å². The lowest BCUT2D eigenvalue weighted by molar-refractivity contribution is 0.201. The first-order chi connectivity index (χ1) is 15.0. The van der Waals surface area contributed by atoms with E-state index in [1.165, 1.54) is 27.8 Å². The molecule has 0 spiro atoms. The van der Waals surface area contributed by atoms with Gasteiger partial charge < -0.3 is 10.1 Å². The minimum atomic E-state index is -4.00. The molecule has 162 valence electrons. The summed E-state index contributed by atoms with van der Waals surface area (Å²) < 4.78 is 35.6. The highest BCUT2D eigenvalue weighted by Crippen LogP contribution is 2.32. The largest absolute Gasteiger partial charge is 0.484 e. The van der Waals surface area contributed by atoms with Gasteiger partial charge in [0.25, 0.3) is 10.1 Å². The van der Waals surface area contributed by atoms with E-state index in [-0.39, 0.29) is 11.0 Å². The van der Waals surface area contributed by atoms with E-state index in [0.717, 1.165) is 18.7 Å². The molecule has 1 aromatic heterocycles. The zero-order valence-corrected chi connectivity index (χ0v) is 18.8. The summed E-state index contributed by atoms with van der Waals surface area (Å²) in [6.07, 6.45) is 1.06. The molecule has 2 N–H and O–H groups in total. The summed E-state index contributed by atoms with van der Waals surface area (Å²) >= 11 is 1.75. The molecule has 3 aromatic carbocycles. The highest BCUT2D eigenvalue weighted by atomic mass is 32.2. The summed E-state index contributed by atoms with van der Waals surface area (Å²) in [7, 11) is -2.03. The molecule has 5 nitrogen and oxygen atoms in total. The van der Waals surface area contributed by atoms with Crippen LogP contribution in [0.2, 0.25) is 0 Å². The molecule has 1 heterocycles. The fourth-order valence-corrected chi connectivity index (χ4v) is 4.34. The van der Waals surface area contributed by atoms with Crippen LogP contribution in [0.5, 0.6) is 5.75 Å². The van der Waals surface area contributed by atoms with Gasteiger partial charge in [0.05, 0.1) is 4.90 Å². The van der Waals surface area contributed by atoms with E-state index < -0.39 is 10.1 Å². The van der Waals surface area contributed by atoms with Gasteiger partial charge in [-0.3, -0.25) is 4.55 Å². The van der Waals surface area contributed by atoms with Gasteiger partial charge in [-0.25, -0.2) is 0 Å². The molecule has 0 saturated heterocycles. The Morgan fingerprint density at radius 2 is 1.65 bits per heavy atom. The van der Waals surface area contributed by atoms with E-state index in [0.29, 0.717) is 0 Å². The van der Waals surface area contributed by atoms with Crippen LogP contribution in [0.15, 0.2) is 95.2 Å². The fourth-order valence-electron chi connectivity index (χ4n) is 3.05. The molecule has 0 aliphatic rings. The zero-order chi connectivity index (χ0) is 22.1. The smallest absolute Gasteiger partial charge is 0.294 e. The van der Waals surface area contributed by atoms with Crippen molar-refractivity contribution >= 4 is 32.2 Å². The number of ether oxygens (including phenoxy) is 1. The highest BCUT2D eigenvalue weighted by molar-refractivity contribution is 7.85. The van der Waals surface area contributed by atoms with Gasteiger partial charge in [0.1, 0.15) is 11.9 Å². The van der Waals surface area contributed by atoms with Gasteiger partial charge in [-0.1, -0.05) is 60.7 Å². The normalized spacial score (nSPS) is 12.1. The van der Waals surface area contributed by atoms with Crippen LogP contribution in [-0.2, 0) is 10.1 Å². The van der Waals surface area contributed by atoms with Gasteiger partial charge in [-0.05, 0) is 48.6 Å². The molecule has 0 aliphatic carbocycles. The Bertz CT molecular complexity index is 1170. The Morgan fingerprint density at radius 3 is 2.29 bits per heavy atom. The molecule has 4 aromatic rings. The quantitative estimate of drug-likeness (QED) is 0.357. The van der Waals surface area contributed by atoms with Crippen LogP contribution >= 0.6 is 11.3 Å². The molecule has 0 saturated carbocycles. The topological polar surface area (TPSA) is 75.6 Å². The van der Waals surface area contributed by atoms with E-state index in [9.17, 15) is 8.42 Å². The van der Waals surface area contributed by atoms with Gasteiger partial charge in [-0.15, -0.1) is 11.3 Å². The lowest BCUT2D eigenvalue weighted by Gasteiger charge is -2.19. The predicted octanol–water partition coefficient (Wildman–Crippen LogP) is 5.56. The van der Waals surface area contributed by atoms with E-state index in [2.05, 4.69) is 65.3 Å². The molecule has 0 radical (unpaired) electrons. The van der Waals surface area contributed by atoms with E-state index in [1.807, 2.05) is 7.05 Å². The van der Waals surface area contributed by atoms with E-state index in [4.69, 9.17) is 9.29 Å². The number of rotatable bonds is 7. The molecule has 0 fully saturated rings. The van der Waals surface area contributed by atoms with Crippen molar-refractivity contribution in [2.24, 2.45) is 0 Å². The second-order valence-corrected chi connectivity index (χ2v) is 9.18. The van der Waals surface area contributed by atoms with Crippen LogP contribution in [0.3, 0.4) is 0 Å². The Morgan fingerprint density at radius 1 is 0.935 bits per heavy atom. The van der Waals surface area contributed by atoms with Crippen LogP contribution in [0, 0.1) is 0 Å². The van der Waals surface area contributed by atoms with Crippen molar-refractivity contribution < 1.29 is 17.7 Å². The summed E-state index contributed by atoms with van der Waals surface area (Å²) in [6.45, 7) is 0.938. The average Bonchev–Trinajstić information content (AvgIpc) is 3.32. The van der Waals surface area contributed by atoms with E-state index in [1.54, 1.807) is 29.5 Å². The number of benzene rings is 3. The first kappa shape index (κ1) is 23.0. The number of hydrogen-bond donors (Lipinski definition) is 2. The van der Waals surface area contributed by atoms with Crippen molar-refractivity contribution in [3.63, 3.8) is 0 Å². The summed E-state index contributed by atoms with van der Waals surface area (Å²) in [5, 5.41) is 7.70. The van der Waals surface area contributed by atoms with Gasteiger partial charge in [0.2, 0.25) is 0 Å². The lowest BCUT2D eigenvalue weighted by atomic mass is 10.1. The number of hydrogen-bond acceptors (Lipinski definition) is 5. The predicted molar refractivity (Wildman–Crippen MR) is 126 cm³/mol. The third kappa shape index (κ3) is 6.63. The molecule has 31 heavy (non-hydrogen) atoms. The molecule has 0 aliphatic heterocycles. The Labute approximate surface area is 187 Å². The maximum absolute atomic E-state index is 10.4. The van der Waals surface area contributed by atoms with E-state index >= 15 is 0 Å². The van der Waals surface area contributed by atoms with Crippen molar-refractivity contribution in [1.82, 2.24) is 5.32 Å². The number of thiophene rings is 1. The number of nitrogens with one attached hydrogen (secondary N) is 1. The number of fused-ring (bicyclic) bond motifs is 1. The maximum atomic E-state index is 10.4. The third-order valence-corrected chi connectivity index (χ3v) is 6.41. The van der Waals surface area contributed by atoms with Crippen molar-refractivity contribution in [3.05, 3.63) is 95.2 Å². The van der Waals surface area contributed by atoms with Crippen LogP contribution in [-0.4, -0.2) is 26.6 Å². The van der Waals surface area contributed by atoms with Crippen LogP contribution < -0.4 is 10.1 Å². The fraction of sp³-hybridized carbons (Fsp3) is 0.167. The minimum Gasteiger partial charge on any atom is -0.484 e. The van der Waals surface area contributed by atoms with Gasteiger partial charge in [-0.2, -0.15) is 8.42 Å². The zero-order valence-electron chi connectivity index (χ0n) is 17.1. The van der Waals surface area contributed by atoms with Crippen molar-refractivity contribution in [2.45, 2.75) is 17.4 Å². The minimum absolute atomic E-state index is 0.0741. The first-order valence-electron chi connectivity index (χ1n) is 9.84. The van der Waals surface area contributed by atoms with Crippen LogP contribution in [0.1, 0.15) is 17.4 Å². The molecular weight excluding hydrogens is 430 g/mol. The SMILES string of the molecule is CNCC[C@H](Oc1cccc2ccccc12)c1cccs1.O=S(=O)(O)c1ccccc1. The summed E-state index contributed by atoms with van der Waals surface area (Å²) in [4.78, 5) is 1.20. The Balaban J connectivity index is 0.000000229. The second kappa shape index (κ2) is 11.1. The maximum Gasteiger partial charge on any atom is 0.294 e. The monoisotopic (exact) mass is 455 g/mol. The third-order valence-electron chi connectivity index (χ3n) is 4.58. The Kier molecular flexibility index (Phi) is 8.20. The Hall–Kier alpha value is -2.71. The standard InChI is InChI=1S/C18H19NOS.C6H6O3S/c1-19-12-11-17(18-10-5-13-21-18)20-16-9-4-7-14-6-2-3-8-15(14)16;7-10(8,9)6-4-2-1-3-5-6/h2-10,13,17,19H,11-12H2,1H3;1-5H,(H,7,8,9)/t17-;/m0./s1. The van der Waals surface area contributed by atoms with Gasteiger partial charge in [0.15, 0.2) is 0 Å². The van der Waals surface area contributed by atoms with Crippen molar-refractivity contribution in [2.75, 3.05) is 13.6 Å². The highest BCUT2D eigenvalue weighted by Gasteiger charge is 2.15. The van der Waals surface area contributed by atoms with Crippen LogP contribution in [0.25, 0.3) is 10.8 Å². The average molecular weight is 456 g/mol.